The van der Waals surface area contributed by atoms with Crippen LogP contribution >= 0.6 is 11.3 Å². The smallest absolute Gasteiger partial charge is 0.259 e. The van der Waals surface area contributed by atoms with Gasteiger partial charge in [0, 0.05) is 24.0 Å². The summed E-state index contributed by atoms with van der Waals surface area (Å²) in [4.78, 5) is 4.25. The topological polar surface area (TPSA) is 76.3 Å². The van der Waals surface area contributed by atoms with Crippen LogP contribution in [0.25, 0.3) is 22.8 Å². The van der Waals surface area contributed by atoms with E-state index in [1.54, 1.807) is 23.6 Å². The molecule has 1 fully saturated rings. The van der Waals surface area contributed by atoms with Crippen molar-refractivity contribution in [2.45, 2.75) is 23.5 Å². The van der Waals surface area contributed by atoms with E-state index in [1.165, 1.54) is 16.4 Å². The Balaban J connectivity index is 1.60. The summed E-state index contributed by atoms with van der Waals surface area (Å²) in [5.41, 5.74) is 1.04. The van der Waals surface area contributed by atoms with E-state index < -0.39 is 10.0 Å². The first-order valence-electron chi connectivity index (χ1n) is 8.23. The number of rotatable bonds is 4. The van der Waals surface area contributed by atoms with Crippen molar-refractivity contribution in [3.05, 3.63) is 41.5 Å². The molecule has 0 amide bonds. The maximum atomic E-state index is 13.3. The maximum absolute atomic E-state index is 13.3. The molecule has 0 radical (unpaired) electrons. The number of sulfonamides is 1. The number of halogens is 1. The molecule has 0 unspecified atom stereocenters. The van der Waals surface area contributed by atoms with Crippen molar-refractivity contribution in [2.24, 2.45) is 0 Å². The van der Waals surface area contributed by atoms with E-state index in [2.05, 4.69) is 10.1 Å². The molecule has 1 saturated heterocycles. The molecule has 136 valence electrons. The molecular weight excluding hydrogens is 377 g/mol. The third-order valence-electron chi connectivity index (χ3n) is 4.24. The lowest BCUT2D eigenvalue weighted by molar-refractivity contribution is 0.347. The van der Waals surface area contributed by atoms with Crippen LogP contribution in [0.3, 0.4) is 0 Å². The fourth-order valence-corrected chi connectivity index (χ4v) is 5.71. The Morgan fingerprint density at radius 1 is 1.12 bits per heavy atom. The Morgan fingerprint density at radius 2 is 1.92 bits per heavy atom. The standard InChI is InChI=1S/C17H16FN3O3S2/c18-14-6-4-5-12(9-14)16-19-17(24-20-16)13-10-15(25-11-13)26(22,23)21-7-2-1-3-8-21/h4-6,9-11H,1-3,7-8H2. The molecular formula is C17H16FN3O3S2. The van der Waals surface area contributed by atoms with Gasteiger partial charge in [-0.3, -0.25) is 0 Å². The Labute approximate surface area is 154 Å². The van der Waals surface area contributed by atoms with E-state index in [0.29, 0.717) is 24.2 Å². The molecule has 9 heteroatoms. The minimum Gasteiger partial charge on any atom is -0.334 e. The molecule has 6 nitrogen and oxygen atoms in total. The number of thiophene rings is 1. The minimum absolute atomic E-state index is 0.209. The van der Waals surface area contributed by atoms with Crippen molar-refractivity contribution < 1.29 is 17.3 Å². The number of piperidine rings is 1. The van der Waals surface area contributed by atoms with Gasteiger partial charge in [-0.15, -0.1) is 11.3 Å². The molecule has 0 atom stereocenters. The molecule has 0 spiro atoms. The molecule has 26 heavy (non-hydrogen) atoms. The van der Waals surface area contributed by atoms with E-state index in [-0.39, 0.29) is 21.7 Å². The Morgan fingerprint density at radius 3 is 2.69 bits per heavy atom. The Kier molecular flexibility index (Phi) is 4.60. The monoisotopic (exact) mass is 393 g/mol. The van der Waals surface area contributed by atoms with Crippen molar-refractivity contribution in [1.82, 2.24) is 14.4 Å². The highest BCUT2D eigenvalue weighted by atomic mass is 32.2. The van der Waals surface area contributed by atoms with Gasteiger partial charge in [0.1, 0.15) is 10.0 Å². The fraction of sp³-hybridized carbons (Fsp3) is 0.294. The molecule has 3 heterocycles. The summed E-state index contributed by atoms with van der Waals surface area (Å²) < 4.78 is 45.8. The van der Waals surface area contributed by atoms with E-state index >= 15 is 0 Å². The summed E-state index contributed by atoms with van der Waals surface area (Å²) in [5, 5.41) is 5.54. The van der Waals surface area contributed by atoms with Crippen molar-refractivity contribution >= 4 is 21.4 Å². The molecule has 4 rings (SSSR count). The predicted octanol–water partition coefficient (Wildman–Crippen LogP) is 3.78. The van der Waals surface area contributed by atoms with Gasteiger partial charge in [-0.2, -0.15) is 9.29 Å². The number of hydrogen-bond donors (Lipinski definition) is 0. The highest BCUT2D eigenvalue weighted by Crippen LogP contribution is 2.31. The van der Waals surface area contributed by atoms with Gasteiger partial charge in [0.2, 0.25) is 5.82 Å². The molecule has 1 aliphatic heterocycles. The molecule has 1 aliphatic rings. The number of hydrogen-bond acceptors (Lipinski definition) is 6. The van der Waals surface area contributed by atoms with Gasteiger partial charge in [0.05, 0.1) is 5.56 Å². The number of nitrogens with zero attached hydrogens (tertiary/aromatic N) is 3. The van der Waals surface area contributed by atoms with Crippen LogP contribution in [0.15, 0.2) is 44.4 Å². The van der Waals surface area contributed by atoms with Crippen LogP contribution in [0.2, 0.25) is 0 Å². The minimum atomic E-state index is -3.49. The largest absolute Gasteiger partial charge is 0.334 e. The van der Waals surface area contributed by atoms with Gasteiger partial charge >= 0.3 is 0 Å². The van der Waals surface area contributed by atoms with Crippen molar-refractivity contribution in [3.8, 4) is 22.8 Å². The zero-order chi connectivity index (χ0) is 18.1. The highest BCUT2D eigenvalue weighted by molar-refractivity contribution is 7.91. The first kappa shape index (κ1) is 17.3. The van der Waals surface area contributed by atoms with E-state index in [0.717, 1.165) is 30.6 Å². The number of aromatic nitrogens is 2. The van der Waals surface area contributed by atoms with Gasteiger partial charge in [0.15, 0.2) is 0 Å². The van der Waals surface area contributed by atoms with Gasteiger partial charge in [0.25, 0.3) is 15.9 Å². The zero-order valence-electron chi connectivity index (χ0n) is 13.8. The molecule has 2 aromatic heterocycles. The van der Waals surface area contributed by atoms with Crippen LogP contribution in [-0.4, -0.2) is 36.0 Å². The quantitative estimate of drug-likeness (QED) is 0.674. The van der Waals surface area contributed by atoms with Crippen molar-refractivity contribution in [3.63, 3.8) is 0 Å². The van der Waals surface area contributed by atoms with Crippen molar-refractivity contribution in [1.29, 1.82) is 0 Å². The maximum Gasteiger partial charge on any atom is 0.259 e. The first-order chi connectivity index (χ1) is 12.5. The van der Waals surface area contributed by atoms with E-state index in [4.69, 9.17) is 4.52 Å². The van der Waals surface area contributed by atoms with Crippen LogP contribution in [0, 0.1) is 5.82 Å². The summed E-state index contributed by atoms with van der Waals surface area (Å²) >= 11 is 1.14. The molecule has 0 N–H and O–H groups in total. The van der Waals surface area contributed by atoms with Crippen LogP contribution in [0.5, 0.6) is 0 Å². The zero-order valence-corrected chi connectivity index (χ0v) is 15.4. The van der Waals surface area contributed by atoms with Crippen LogP contribution in [-0.2, 0) is 10.0 Å². The lowest BCUT2D eigenvalue weighted by Gasteiger charge is -2.25. The van der Waals surface area contributed by atoms with E-state index in [1.807, 2.05) is 0 Å². The molecule has 0 aliphatic carbocycles. The summed E-state index contributed by atoms with van der Waals surface area (Å²) in [6, 6.07) is 7.44. The average molecular weight is 393 g/mol. The lowest BCUT2D eigenvalue weighted by Crippen LogP contribution is -2.35. The number of benzene rings is 1. The van der Waals surface area contributed by atoms with Gasteiger partial charge < -0.3 is 4.52 Å². The molecule has 1 aromatic carbocycles. The summed E-state index contributed by atoms with van der Waals surface area (Å²) in [6.45, 7) is 1.11. The predicted molar refractivity (Wildman–Crippen MR) is 95.6 cm³/mol. The highest BCUT2D eigenvalue weighted by Gasteiger charge is 2.28. The Hall–Kier alpha value is -2.10. The summed E-state index contributed by atoms with van der Waals surface area (Å²) in [6.07, 6.45) is 2.84. The van der Waals surface area contributed by atoms with Gasteiger partial charge in [-0.25, -0.2) is 12.8 Å². The fourth-order valence-electron chi connectivity index (χ4n) is 2.88. The second-order valence-electron chi connectivity index (χ2n) is 6.05. The van der Waals surface area contributed by atoms with Crippen LogP contribution in [0.4, 0.5) is 4.39 Å². The summed E-state index contributed by atoms with van der Waals surface area (Å²) in [5.74, 6) is 0.0750. The SMILES string of the molecule is O=S(=O)(c1cc(-c2nc(-c3cccc(F)c3)no2)cs1)N1CCCCC1. The Bertz CT molecular complexity index is 1020. The lowest BCUT2D eigenvalue weighted by atomic mass is 10.2. The normalized spacial score (nSPS) is 16.0. The van der Waals surface area contributed by atoms with Gasteiger partial charge in [-0.1, -0.05) is 23.7 Å². The third kappa shape index (κ3) is 3.29. The van der Waals surface area contributed by atoms with E-state index in [9.17, 15) is 12.8 Å². The molecule has 0 saturated carbocycles. The summed E-state index contributed by atoms with van der Waals surface area (Å²) in [7, 11) is -3.49. The average Bonchev–Trinajstić information content (AvgIpc) is 3.32. The second kappa shape index (κ2) is 6.90. The van der Waals surface area contributed by atoms with Crippen molar-refractivity contribution in [2.75, 3.05) is 13.1 Å². The van der Waals surface area contributed by atoms with Crippen LogP contribution in [0.1, 0.15) is 19.3 Å². The first-order valence-corrected chi connectivity index (χ1v) is 10.5. The molecule has 3 aromatic rings. The van der Waals surface area contributed by atoms with Crippen LogP contribution < -0.4 is 0 Å². The molecule has 0 bridgehead atoms. The van der Waals surface area contributed by atoms with Gasteiger partial charge in [-0.05, 0) is 31.0 Å². The second-order valence-corrected chi connectivity index (χ2v) is 9.13. The third-order valence-corrected chi connectivity index (χ3v) is 7.55.